The van der Waals surface area contributed by atoms with Gasteiger partial charge in [-0.25, -0.2) is 4.79 Å². The van der Waals surface area contributed by atoms with Crippen LogP contribution in [0.4, 0.5) is 0 Å². The van der Waals surface area contributed by atoms with Gasteiger partial charge in [0, 0.05) is 12.3 Å². The van der Waals surface area contributed by atoms with Crippen molar-refractivity contribution in [3.8, 4) is 0 Å². The molecule has 142 valence electrons. The highest BCUT2D eigenvalue weighted by atomic mass is 16.6. The molecule has 1 aromatic heterocycles. The molecule has 0 aromatic carbocycles. The first-order chi connectivity index (χ1) is 11.4. The van der Waals surface area contributed by atoms with Gasteiger partial charge in [0.05, 0.1) is 17.8 Å². The van der Waals surface area contributed by atoms with Crippen LogP contribution in [0.3, 0.4) is 0 Å². The Morgan fingerprint density at radius 3 is 2.36 bits per heavy atom. The molecule has 0 aliphatic carbocycles. The third kappa shape index (κ3) is 5.24. The van der Waals surface area contributed by atoms with Crippen molar-refractivity contribution < 1.29 is 19.3 Å². The lowest BCUT2D eigenvalue weighted by atomic mass is 10.1. The average Bonchev–Trinajstić information content (AvgIpc) is 2.72. The summed E-state index contributed by atoms with van der Waals surface area (Å²) in [5, 5.41) is 10.7. The molecular weight excluding hydrogens is 328 g/mol. The quantitative estimate of drug-likeness (QED) is 0.827. The zero-order valence-electron chi connectivity index (χ0n) is 15.6. The van der Waals surface area contributed by atoms with Crippen LogP contribution in [0.5, 0.6) is 0 Å². The minimum atomic E-state index is -1.09. The maximum atomic E-state index is 12.0. The number of rotatable bonds is 4. The zero-order chi connectivity index (χ0) is 19.0. The summed E-state index contributed by atoms with van der Waals surface area (Å²) >= 11 is 0. The maximum Gasteiger partial charge on any atom is 0.330 e. The molecule has 8 nitrogen and oxygen atoms in total. The van der Waals surface area contributed by atoms with E-state index in [4.69, 9.17) is 14.2 Å². The largest absolute Gasteiger partial charge is 0.386 e. The Bertz CT molecular complexity index is 697. The van der Waals surface area contributed by atoms with Crippen molar-refractivity contribution in [2.24, 2.45) is 0 Å². The lowest BCUT2D eigenvalue weighted by Gasteiger charge is -2.30. The fourth-order valence-corrected chi connectivity index (χ4v) is 2.60. The van der Waals surface area contributed by atoms with Crippen molar-refractivity contribution in [2.75, 3.05) is 6.61 Å². The second-order valence-electron chi connectivity index (χ2n) is 8.19. The summed E-state index contributed by atoms with van der Waals surface area (Å²) < 4.78 is 18.8. The Kier molecular flexibility index (Phi) is 5.58. The molecule has 1 aliphatic rings. The van der Waals surface area contributed by atoms with Crippen molar-refractivity contribution >= 4 is 0 Å². The number of H-pyrrole nitrogens is 1. The first-order valence-electron chi connectivity index (χ1n) is 8.34. The predicted octanol–water partition coefficient (Wildman–Crippen LogP) is 0.794. The Morgan fingerprint density at radius 1 is 1.20 bits per heavy atom. The first kappa shape index (κ1) is 19.8. The van der Waals surface area contributed by atoms with E-state index in [1.807, 2.05) is 41.5 Å². The standard InChI is InChI=1S/C17H28N2O6/c1-16(2,3)23-9-10-13(25-17(4,5)6)12(21)14(24-10)19-8-7-11(20)18-15(19)22/h7-8,10,12-14,21H,9H2,1-6H3,(H,18,20,22)/t10-,12+,13?,14-/m1/s1. The number of hydrogen-bond donors (Lipinski definition) is 2. The Labute approximate surface area is 146 Å². The first-order valence-corrected chi connectivity index (χ1v) is 8.34. The van der Waals surface area contributed by atoms with Crippen LogP contribution in [-0.4, -0.2) is 50.8 Å². The zero-order valence-corrected chi connectivity index (χ0v) is 15.6. The maximum absolute atomic E-state index is 12.0. The van der Waals surface area contributed by atoms with Gasteiger partial charge in [-0.15, -0.1) is 0 Å². The summed E-state index contributed by atoms with van der Waals surface area (Å²) in [4.78, 5) is 25.4. The molecule has 0 saturated carbocycles. The van der Waals surface area contributed by atoms with Crippen LogP contribution in [0.2, 0.25) is 0 Å². The van der Waals surface area contributed by atoms with Gasteiger partial charge in [0.2, 0.25) is 0 Å². The van der Waals surface area contributed by atoms with Crippen molar-refractivity contribution in [2.45, 2.75) is 77.3 Å². The molecule has 0 amide bonds. The summed E-state index contributed by atoms with van der Waals surface area (Å²) in [5.74, 6) is 0. The van der Waals surface area contributed by atoms with E-state index in [1.54, 1.807) is 0 Å². The van der Waals surface area contributed by atoms with Crippen LogP contribution in [0, 0.1) is 0 Å². The Hall–Kier alpha value is -1.48. The van der Waals surface area contributed by atoms with Crippen LogP contribution < -0.4 is 11.2 Å². The van der Waals surface area contributed by atoms with Gasteiger partial charge in [-0.1, -0.05) is 0 Å². The van der Waals surface area contributed by atoms with E-state index in [9.17, 15) is 14.7 Å². The molecule has 0 bridgehead atoms. The minimum absolute atomic E-state index is 0.204. The molecule has 1 unspecified atom stereocenters. The number of aliphatic hydroxyl groups excluding tert-OH is 1. The SMILES string of the molecule is CC(C)(C)OC[C@H]1O[C@@H](n2ccc(=O)[nH]c2=O)[C@@H](O)C1OC(C)(C)C. The highest BCUT2D eigenvalue weighted by molar-refractivity contribution is 4.95. The fraction of sp³-hybridized carbons (Fsp3) is 0.765. The summed E-state index contributed by atoms with van der Waals surface area (Å²) in [6.07, 6.45) is -1.99. The molecule has 8 heteroatoms. The van der Waals surface area contributed by atoms with Crippen molar-refractivity contribution in [3.05, 3.63) is 33.1 Å². The van der Waals surface area contributed by atoms with E-state index in [2.05, 4.69) is 4.98 Å². The topological polar surface area (TPSA) is 103 Å². The molecule has 0 spiro atoms. The molecule has 1 saturated heterocycles. The Morgan fingerprint density at radius 2 is 1.84 bits per heavy atom. The van der Waals surface area contributed by atoms with E-state index >= 15 is 0 Å². The van der Waals surface area contributed by atoms with Crippen LogP contribution in [0.1, 0.15) is 47.8 Å². The van der Waals surface area contributed by atoms with Crippen molar-refractivity contribution in [3.63, 3.8) is 0 Å². The highest BCUT2D eigenvalue weighted by Crippen LogP contribution is 2.33. The van der Waals surface area contributed by atoms with E-state index in [-0.39, 0.29) is 12.2 Å². The van der Waals surface area contributed by atoms with E-state index in [0.29, 0.717) is 0 Å². The van der Waals surface area contributed by atoms with E-state index in [0.717, 1.165) is 4.57 Å². The molecule has 1 aliphatic heterocycles. The van der Waals surface area contributed by atoms with Gasteiger partial charge in [-0.2, -0.15) is 0 Å². The van der Waals surface area contributed by atoms with Crippen LogP contribution in [-0.2, 0) is 14.2 Å². The second kappa shape index (κ2) is 7.03. The summed E-state index contributed by atoms with van der Waals surface area (Å²) in [6.45, 7) is 11.6. The van der Waals surface area contributed by atoms with Gasteiger partial charge in [-0.05, 0) is 41.5 Å². The number of aromatic amines is 1. The summed E-state index contributed by atoms with van der Waals surface area (Å²) in [6, 6.07) is 1.20. The van der Waals surface area contributed by atoms with Crippen LogP contribution in [0.25, 0.3) is 0 Å². The van der Waals surface area contributed by atoms with Crippen molar-refractivity contribution in [1.29, 1.82) is 0 Å². The van der Waals surface area contributed by atoms with Gasteiger partial charge in [0.15, 0.2) is 6.23 Å². The number of nitrogens with one attached hydrogen (secondary N) is 1. The normalized spacial score (nSPS) is 27.6. The molecule has 2 rings (SSSR count). The third-order valence-electron chi connectivity index (χ3n) is 3.60. The molecule has 0 radical (unpaired) electrons. The second-order valence-corrected chi connectivity index (χ2v) is 8.19. The van der Waals surface area contributed by atoms with E-state index in [1.165, 1.54) is 12.3 Å². The van der Waals surface area contributed by atoms with Crippen LogP contribution in [0.15, 0.2) is 21.9 Å². The average molecular weight is 356 g/mol. The molecular formula is C17H28N2O6. The van der Waals surface area contributed by atoms with Gasteiger partial charge in [0.1, 0.15) is 18.3 Å². The predicted molar refractivity (Wildman–Crippen MR) is 91.6 cm³/mol. The lowest BCUT2D eigenvalue weighted by Crippen LogP contribution is -2.43. The summed E-state index contributed by atoms with van der Waals surface area (Å²) in [5.41, 5.74) is -2.06. The minimum Gasteiger partial charge on any atom is -0.386 e. The highest BCUT2D eigenvalue weighted by Gasteiger charge is 2.47. The lowest BCUT2D eigenvalue weighted by molar-refractivity contribution is -0.138. The number of hydrogen-bond acceptors (Lipinski definition) is 6. The third-order valence-corrected chi connectivity index (χ3v) is 3.60. The smallest absolute Gasteiger partial charge is 0.330 e. The molecule has 2 heterocycles. The van der Waals surface area contributed by atoms with Gasteiger partial charge in [0.25, 0.3) is 5.56 Å². The van der Waals surface area contributed by atoms with Gasteiger partial charge >= 0.3 is 5.69 Å². The number of nitrogens with zero attached hydrogens (tertiary/aromatic N) is 1. The molecule has 4 atom stereocenters. The Balaban J connectivity index is 2.28. The molecule has 1 fully saturated rings. The molecule has 2 N–H and O–H groups in total. The fourth-order valence-electron chi connectivity index (χ4n) is 2.60. The molecule has 25 heavy (non-hydrogen) atoms. The molecule has 1 aromatic rings. The van der Waals surface area contributed by atoms with Crippen molar-refractivity contribution in [1.82, 2.24) is 9.55 Å². The number of aromatic nitrogens is 2. The number of aliphatic hydroxyl groups is 1. The van der Waals surface area contributed by atoms with Gasteiger partial charge < -0.3 is 19.3 Å². The number of ether oxygens (including phenoxy) is 3. The van der Waals surface area contributed by atoms with Crippen LogP contribution >= 0.6 is 0 Å². The monoisotopic (exact) mass is 356 g/mol. The summed E-state index contributed by atoms with van der Waals surface area (Å²) in [7, 11) is 0. The van der Waals surface area contributed by atoms with Gasteiger partial charge in [-0.3, -0.25) is 14.3 Å². The van der Waals surface area contributed by atoms with E-state index < -0.39 is 41.4 Å².